The molecule has 1 aromatic carbocycles. The van der Waals surface area contributed by atoms with E-state index in [1.807, 2.05) is 18.7 Å². The molecular formula is C12H17Br2NO2S2. The molecule has 0 bridgehead atoms. The predicted octanol–water partition coefficient (Wildman–Crippen LogP) is 4.02. The van der Waals surface area contributed by atoms with Crippen molar-refractivity contribution in [3.63, 3.8) is 0 Å². The van der Waals surface area contributed by atoms with Gasteiger partial charge in [0.2, 0.25) is 10.0 Å². The summed E-state index contributed by atoms with van der Waals surface area (Å²) in [4.78, 5) is 0.269. The number of halogens is 2. The van der Waals surface area contributed by atoms with Crippen molar-refractivity contribution in [2.24, 2.45) is 0 Å². The third kappa shape index (κ3) is 5.75. The molecule has 1 aromatic rings. The third-order valence-corrected chi connectivity index (χ3v) is 6.43. The maximum atomic E-state index is 12.2. The van der Waals surface area contributed by atoms with E-state index < -0.39 is 10.0 Å². The molecule has 1 rings (SSSR count). The lowest BCUT2D eigenvalue weighted by Crippen LogP contribution is -2.33. The lowest BCUT2D eigenvalue weighted by atomic mass is 10.3. The fraction of sp³-hybridized carbons (Fsp3) is 0.500. The van der Waals surface area contributed by atoms with Gasteiger partial charge in [-0.2, -0.15) is 11.8 Å². The van der Waals surface area contributed by atoms with Crippen LogP contribution >= 0.6 is 43.6 Å². The molecule has 0 aliphatic rings. The first-order chi connectivity index (χ1) is 8.86. The molecule has 0 aliphatic carbocycles. The molecule has 0 radical (unpaired) electrons. The van der Waals surface area contributed by atoms with Crippen LogP contribution < -0.4 is 4.72 Å². The van der Waals surface area contributed by atoms with Crippen LogP contribution in [0.4, 0.5) is 0 Å². The Morgan fingerprint density at radius 3 is 2.63 bits per heavy atom. The van der Waals surface area contributed by atoms with E-state index >= 15 is 0 Å². The fourth-order valence-electron chi connectivity index (χ4n) is 1.48. The van der Waals surface area contributed by atoms with Gasteiger partial charge in [-0.15, -0.1) is 0 Å². The highest BCUT2D eigenvalue weighted by atomic mass is 79.9. The number of sulfonamides is 1. The molecule has 0 saturated carbocycles. The largest absolute Gasteiger partial charge is 0.241 e. The zero-order valence-corrected chi connectivity index (χ0v) is 15.6. The monoisotopic (exact) mass is 429 g/mol. The van der Waals surface area contributed by atoms with Gasteiger partial charge in [-0.3, -0.25) is 0 Å². The van der Waals surface area contributed by atoms with Crippen LogP contribution in [0.1, 0.15) is 20.3 Å². The second kappa shape index (κ2) is 8.02. The smallest absolute Gasteiger partial charge is 0.208 e. The Labute approximate surface area is 136 Å². The van der Waals surface area contributed by atoms with Gasteiger partial charge in [0.05, 0.1) is 4.90 Å². The van der Waals surface area contributed by atoms with E-state index in [-0.39, 0.29) is 10.9 Å². The molecule has 1 N–H and O–H groups in total. The highest BCUT2D eigenvalue weighted by molar-refractivity contribution is 9.11. The van der Waals surface area contributed by atoms with Crippen LogP contribution in [-0.4, -0.2) is 26.0 Å². The van der Waals surface area contributed by atoms with Gasteiger partial charge in [0, 0.05) is 15.0 Å². The molecule has 0 spiro atoms. The molecule has 1 atom stereocenters. The summed E-state index contributed by atoms with van der Waals surface area (Å²) in [5.74, 6) is 2.01. The summed E-state index contributed by atoms with van der Waals surface area (Å²) in [5.41, 5.74) is 0. The summed E-state index contributed by atoms with van der Waals surface area (Å²) in [6, 6.07) is 4.97. The van der Waals surface area contributed by atoms with Crippen molar-refractivity contribution >= 4 is 53.6 Å². The topological polar surface area (TPSA) is 46.2 Å². The fourth-order valence-corrected chi connectivity index (χ4v) is 5.32. The van der Waals surface area contributed by atoms with Crippen molar-refractivity contribution in [3.05, 3.63) is 27.1 Å². The Morgan fingerprint density at radius 2 is 2.05 bits per heavy atom. The van der Waals surface area contributed by atoms with E-state index in [1.165, 1.54) is 0 Å². The summed E-state index contributed by atoms with van der Waals surface area (Å²) in [6.45, 7) is 3.99. The quantitative estimate of drug-likeness (QED) is 0.664. The number of rotatable bonds is 7. The van der Waals surface area contributed by atoms with Crippen molar-refractivity contribution < 1.29 is 8.42 Å². The van der Waals surface area contributed by atoms with Gasteiger partial charge < -0.3 is 0 Å². The van der Waals surface area contributed by atoms with Crippen LogP contribution in [0.2, 0.25) is 0 Å². The minimum atomic E-state index is -3.47. The molecule has 0 heterocycles. The number of benzene rings is 1. The standard InChI is InChI=1S/C12H17Br2NO2S2/c1-3-18-7-6-9(2)15-19(16,17)12-5-4-10(13)8-11(12)14/h4-5,8-9,15H,3,6-7H2,1-2H3. The summed E-state index contributed by atoms with van der Waals surface area (Å²) in [6.07, 6.45) is 0.825. The number of nitrogens with one attached hydrogen (secondary N) is 1. The maximum absolute atomic E-state index is 12.2. The minimum Gasteiger partial charge on any atom is -0.208 e. The lowest BCUT2D eigenvalue weighted by molar-refractivity contribution is 0.556. The maximum Gasteiger partial charge on any atom is 0.241 e. The van der Waals surface area contributed by atoms with E-state index in [0.29, 0.717) is 4.47 Å². The van der Waals surface area contributed by atoms with E-state index in [4.69, 9.17) is 0 Å². The van der Waals surface area contributed by atoms with Crippen LogP contribution in [0, 0.1) is 0 Å². The molecule has 7 heteroatoms. The van der Waals surface area contributed by atoms with Crippen molar-refractivity contribution in [2.75, 3.05) is 11.5 Å². The Bertz CT molecular complexity index is 520. The van der Waals surface area contributed by atoms with Gasteiger partial charge in [-0.05, 0) is 59.0 Å². The average Bonchev–Trinajstić information content (AvgIpc) is 2.27. The Balaban J connectivity index is 2.75. The third-order valence-electron chi connectivity index (χ3n) is 2.44. The highest BCUT2D eigenvalue weighted by Crippen LogP contribution is 2.25. The molecule has 19 heavy (non-hydrogen) atoms. The molecule has 108 valence electrons. The van der Waals surface area contributed by atoms with Gasteiger partial charge in [0.25, 0.3) is 0 Å². The Morgan fingerprint density at radius 1 is 1.37 bits per heavy atom. The number of hydrogen-bond acceptors (Lipinski definition) is 3. The van der Waals surface area contributed by atoms with E-state index in [2.05, 4.69) is 43.5 Å². The summed E-state index contributed by atoms with van der Waals surface area (Å²) >= 11 is 8.40. The minimum absolute atomic E-state index is 0.0698. The molecule has 0 aromatic heterocycles. The summed E-state index contributed by atoms with van der Waals surface area (Å²) in [7, 11) is -3.47. The van der Waals surface area contributed by atoms with Gasteiger partial charge in [0.15, 0.2) is 0 Å². The van der Waals surface area contributed by atoms with Gasteiger partial charge >= 0.3 is 0 Å². The molecule has 0 fully saturated rings. The average molecular weight is 431 g/mol. The highest BCUT2D eigenvalue weighted by Gasteiger charge is 2.20. The molecule has 0 saturated heterocycles. The molecule has 1 unspecified atom stereocenters. The van der Waals surface area contributed by atoms with E-state index in [9.17, 15) is 8.42 Å². The summed E-state index contributed by atoms with van der Waals surface area (Å²) < 4.78 is 28.6. The van der Waals surface area contributed by atoms with E-state index in [0.717, 1.165) is 22.4 Å². The zero-order valence-electron chi connectivity index (χ0n) is 10.8. The number of thioether (sulfide) groups is 1. The second-order valence-electron chi connectivity index (χ2n) is 4.08. The van der Waals surface area contributed by atoms with Gasteiger partial charge in [-0.1, -0.05) is 22.9 Å². The molecular weight excluding hydrogens is 414 g/mol. The molecule has 0 aliphatic heterocycles. The SMILES string of the molecule is CCSCCC(C)NS(=O)(=O)c1ccc(Br)cc1Br. The Hall–Kier alpha value is 0.440. The predicted molar refractivity (Wildman–Crippen MR) is 89.2 cm³/mol. The lowest BCUT2D eigenvalue weighted by Gasteiger charge is -2.14. The first kappa shape index (κ1) is 17.5. The van der Waals surface area contributed by atoms with Gasteiger partial charge in [-0.25, -0.2) is 13.1 Å². The van der Waals surface area contributed by atoms with Crippen LogP contribution in [0.15, 0.2) is 32.0 Å². The van der Waals surface area contributed by atoms with Crippen LogP contribution in [0.3, 0.4) is 0 Å². The normalized spacial score (nSPS) is 13.5. The number of hydrogen-bond donors (Lipinski definition) is 1. The molecule has 3 nitrogen and oxygen atoms in total. The van der Waals surface area contributed by atoms with Crippen LogP contribution in [0.5, 0.6) is 0 Å². The molecule has 0 amide bonds. The first-order valence-electron chi connectivity index (χ1n) is 5.92. The first-order valence-corrected chi connectivity index (χ1v) is 10.1. The van der Waals surface area contributed by atoms with Crippen LogP contribution in [0.25, 0.3) is 0 Å². The summed E-state index contributed by atoms with van der Waals surface area (Å²) in [5, 5.41) is 0. The Kier molecular flexibility index (Phi) is 7.39. The van der Waals surface area contributed by atoms with Crippen molar-refractivity contribution in [2.45, 2.75) is 31.2 Å². The van der Waals surface area contributed by atoms with E-state index in [1.54, 1.807) is 18.2 Å². The van der Waals surface area contributed by atoms with Crippen molar-refractivity contribution in [1.29, 1.82) is 0 Å². The van der Waals surface area contributed by atoms with Crippen molar-refractivity contribution in [3.8, 4) is 0 Å². The van der Waals surface area contributed by atoms with Crippen LogP contribution in [-0.2, 0) is 10.0 Å². The van der Waals surface area contributed by atoms with Crippen molar-refractivity contribution in [1.82, 2.24) is 4.72 Å². The van der Waals surface area contributed by atoms with Gasteiger partial charge in [0.1, 0.15) is 0 Å². The second-order valence-corrected chi connectivity index (χ2v) is 8.93. The zero-order chi connectivity index (χ0) is 14.5.